The zero-order valence-electron chi connectivity index (χ0n) is 9.99. The van der Waals surface area contributed by atoms with Gasteiger partial charge in [0.2, 0.25) is 0 Å². The van der Waals surface area contributed by atoms with Crippen LogP contribution in [0.2, 0.25) is 0 Å². The van der Waals surface area contributed by atoms with E-state index in [0.717, 1.165) is 29.5 Å². The molecule has 0 N–H and O–H groups in total. The van der Waals surface area contributed by atoms with Gasteiger partial charge < -0.3 is 4.74 Å². The molecule has 3 rings (SSSR count). The summed E-state index contributed by atoms with van der Waals surface area (Å²) in [5, 5.41) is 0. The zero-order chi connectivity index (χ0) is 11.7. The van der Waals surface area contributed by atoms with Gasteiger partial charge in [-0.25, -0.2) is 0 Å². The van der Waals surface area contributed by atoms with Gasteiger partial charge >= 0.3 is 0 Å². The first-order valence-corrected chi connectivity index (χ1v) is 7.27. The number of ether oxygens (including phenoxy) is 1. The van der Waals surface area contributed by atoms with Gasteiger partial charge in [0.25, 0.3) is 0 Å². The van der Waals surface area contributed by atoms with Crippen molar-refractivity contribution in [3.63, 3.8) is 0 Å². The van der Waals surface area contributed by atoms with Crippen LogP contribution in [0.5, 0.6) is 5.75 Å². The number of hydrogen-bond donors (Lipinski definition) is 0. The average Bonchev–Trinajstić information content (AvgIpc) is 2.39. The molecule has 0 unspecified atom stereocenters. The number of fused-ring (bicyclic) bond motifs is 1. The van der Waals surface area contributed by atoms with E-state index in [2.05, 4.69) is 39.0 Å². The van der Waals surface area contributed by atoms with Gasteiger partial charge in [0.1, 0.15) is 12.5 Å². The molecule has 2 nitrogen and oxygen atoms in total. The molecule has 92 valence electrons. The van der Waals surface area contributed by atoms with Crippen molar-refractivity contribution in [2.24, 2.45) is 0 Å². The SMILES string of the molecule is Brc1ccc2c(c1)CN(C1CCCCC1)CO2. The Morgan fingerprint density at radius 1 is 1.18 bits per heavy atom. The van der Waals surface area contributed by atoms with Gasteiger partial charge in [0.15, 0.2) is 0 Å². The maximum Gasteiger partial charge on any atom is 0.142 e. The number of benzene rings is 1. The Hall–Kier alpha value is -0.540. The van der Waals surface area contributed by atoms with Crippen LogP contribution >= 0.6 is 15.9 Å². The molecule has 0 atom stereocenters. The fraction of sp³-hybridized carbons (Fsp3) is 0.571. The highest BCUT2D eigenvalue weighted by Gasteiger charge is 2.25. The Balaban J connectivity index is 1.75. The van der Waals surface area contributed by atoms with Crippen LogP contribution in [0.1, 0.15) is 37.7 Å². The largest absolute Gasteiger partial charge is 0.478 e. The summed E-state index contributed by atoms with van der Waals surface area (Å²) in [6.45, 7) is 1.80. The minimum absolute atomic E-state index is 0.732. The van der Waals surface area contributed by atoms with Gasteiger partial charge in [-0.05, 0) is 31.0 Å². The summed E-state index contributed by atoms with van der Waals surface area (Å²) in [6.07, 6.45) is 6.85. The summed E-state index contributed by atoms with van der Waals surface area (Å²) in [7, 11) is 0. The molecule has 0 bridgehead atoms. The first-order valence-electron chi connectivity index (χ1n) is 6.48. The van der Waals surface area contributed by atoms with Crippen LogP contribution in [0.25, 0.3) is 0 Å². The zero-order valence-corrected chi connectivity index (χ0v) is 11.6. The van der Waals surface area contributed by atoms with Crippen LogP contribution in [-0.4, -0.2) is 17.7 Å². The van der Waals surface area contributed by atoms with Crippen molar-refractivity contribution >= 4 is 15.9 Å². The fourth-order valence-corrected chi connectivity index (χ4v) is 3.32. The third kappa shape index (κ3) is 2.50. The Kier molecular flexibility index (Phi) is 3.39. The van der Waals surface area contributed by atoms with E-state index >= 15 is 0 Å². The topological polar surface area (TPSA) is 12.5 Å². The Morgan fingerprint density at radius 2 is 2.00 bits per heavy atom. The predicted molar refractivity (Wildman–Crippen MR) is 72.1 cm³/mol. The second-order valence-corrected chi connectivity index (χ2v) is 5.98. The second-order valence-electron chi connectivity index (χ2n) is 5.06. The molecule has 2 aliphatic rings. The maximum atomic E-state index is 5.85. The second kappa shape index (κ2) is 4.99. The fourth-order valence-electron chi connectivity index (χ4n) is 2.91. The Bertz CT molecular complexity index is 401. The lowest BCUT2D eigenvalue weighted by atomic mass is 9.94. The van der Waals surface area contributed by atoms with Crippen LogP contribution in [0, 0.1) is 0 Å². The van der Waals surface area contributed by atoms with E-state index < -0.39 is 0 Å². The molecule has 17 heavy (non-hydrogen) atoms. The summed E-state index contributed by atoms with van der Waals surface area (Å²) in [6, 6.07) is 7.03. The summed E-state index contributed by atoms with van der Waals surface area (Å²) >= 11 is 3.53. The van der Waals surface area contributed by atoms with Gasteiger partial charge in [-0.2, -0.15) is 0 Å². The molecule has 0 aromatic heterocycles. The first kappa shape index (κ1) is 11.5. The lowest BCUT2D eigenvalue weighted by Crippen LogP contribution is -2.41. The molecule has 0 amide bonds. The standard InChI is InChI=1S/C14H18BrNO/c15-12-6-7-14-11(8-12)9-16(10-17-14)13-4-2-1-3-5-13/h6-8,13H,1-5,9-10H2. The lowest BCUT2D eigenvalue weighted by molar-refractivity contribution is 0.0403. The van der Waals surface area contributed by atoms with Gasteiger partial charge in [0.05, 0.1) is 0 Å². The molecule has 0 spiro atoms. The third-order valence-corrected chi connectivity index (χ3v) is 4.37. The molecule has 1 aromatic carbocycles. The molecule has 1 aliphatic carbocycles. The van der Waals surface area contributed by atoms with E-state index in [1.54, 1.807) is 0 Å². The van der Waals surface area contributed by atoms with Crippen LogP contribution in [0.15, 0.2) is 22.7 Å². The molecular weight excluding hydrogens is 278 g/mol. The van der Waals surface area contributed by atoms with Crippen molar-refractivity contribution in [3.05, 3.63) is 28.2 Å². The number of nitrogens with zero attached hydrogens (tertiary/aromatic N) is 1. The third-order valence-electron chi connectivity index (χ3n) is 3.87. The van der Waals surface area contributed by atoms with E-state index in [4.69, 9.17) is 4.74 Å². The van der Waals surface area contributed by atoms with Crippen LogP contribution in [0.3, 0.4) is 0 Å². The molecule has 1 heterocycles. The highest BCUT2D eigenvalue weighted by Crippen LogP contribution is 2.31. The number of hydrogen-bond acceptors (Lipinski definition) is 2. The molecule has 1 aliphatic heterocycles. The van der Waals surface area contributed by atoms with Crippen molar-refractivity contribution in [2.75, 3.05) is 6.73 Å². The summed E-state index contributed by atoms with van der Waals surface area (Å²) < 4.78 is 6.99. The molecule has 0 saturated heterocycles. The molecule has 0 radical (unpaired) electrons. The molecule has 1 fully saturated rings. The van der Waals surface area contributed by atoms with Crippen molar-refractivity contribution in [2.45, 2.75) is 44.7 Å². The monoisotopic (exact) mass is 295 g/mol. The van der Waals surface area contributed by atoms with Crippen molar-refractivity contribution in [1.82, 2.24) is 4.90 Å². The summed E-state index contributed by atoms with van der Waals surface area (Å²) in [4.78, 5) is 2.49. The van der Waals surface area contributed by atoms with E-state index in [1.807, 2.05) is 0 Å². The van der Waals surface area contributed by atoms with E-state index in [0.29, 0.717) is 0 Å². The van der Waals surface area contributed by atoms with Crippen LogP contribution in [-0.2, 0) is 6.54 Å². The lowest BCUT2D eigenvalue weighted by Gasteiger charge is -2.37. The number of rotatable bonds is 1. The van der Waals surface area contributed by atoms with Gasteiger partial charge in [-0.1, -0.05) is 35.2 Å². The predicted octanol–water partition coefficient (Wildman–Crippen LogP) is 3.93. The van der Waals surface area contributed by atoms with E-state index in [9.17, 15) is 0 Å². The normalized spacial score (nSPS) is 21.9. The minimum Gasteiger partial charge on any atom is -0.478 e. The molecular formula is C14H18BrNO. The van der Waals surface area contributed by atoms with E-state index in [1.165, 1.54) is 37.7 Å². The minimum atomic E-state index is 0.732. The van der Waals surface area contributed by atoms with E-state index in [-0.39, 0.29) is 0 Å². The van der Waals surface area contributed by atoms with Crippen LogP contribution < -0.4 is 4.74 Å². The highest BCUT2D eigenvalue weighted by atomic mass is 79.9. The Morgan fingerprint density at radius 3 is 2.82 bits per heavy atom. The van der Waals surface area contributed by atoms with Crippen molar-refractivity contribution in [3.8, 4) is 5.75 Å². The highest BCUT2D eigenvalue weighted by molar-refractivity contribution is 9.10. The van der Waals surface area contributed by atoms with Gasteiger partial charge in [-0.3, -0.25) is 4.90 Å². The first-order chi connectivity index (χ1) is 8.33. The van der Waals surface area contributed by atoms with Crippen LogP contribution in [0.4, 0.5) is 0 Å². The van der Waals surface area contributed by atoms with Gasteiger partial charge in [0, 0.05) is 22.6 Å². The molecule has 1 aromatic rings. The van der Waals surface area contributed by atoms with Crippen molar-refractivity contribution in [1.29, 1.82) is 0 Å². The quantitative estimate of drug-likeness (QED) is 0.778. The maximum absolute atomic E-state index is 5.85. The average molecular weight is 296 g/mol. The summed E-state index contributed by atoms with van der Waals surface area (Å²) in [5.74, 6) is 1.06. The smallest absolute Gasteiger partial charge is 0.142 e. The summed E-state index contributed by atoms with van der Waals surface area (Å²) in [5.41, 5.74) is 1.32. The molecule has 1 saturated carbocycles. The van der Waals surface area contributed by atoms with Crippen molar-refractivity contribution < 1.29 is 4.74 Å². The Labute approximate surface area is 111 Å². The molecule has 3 heteroatoms. The number of halogens is 1. The van der Waals surface area contributed by atoms with Gasteiger partial charge in [-0.15, -0.1) is 0 Å².